The molecule has 57 heavy (non-hydrogen) atoms. The smallest absolute Gasteiger partial charge is 0.347 e. The number of halogens is 2. The zero-order valence-corrected chi connectivity index (χ0v) is 32.3. The molecule has 9 rings (SSSR count). The summed E-state index contributed by atoms with van der Waals surface area (Å²) in [6.07, 6.45) is 1.72. The fourth-order valence-electron chi connectivity index (χ4n) is 7.42. The highest BCUT2D eigenvalue weighted by Crippen LogP contribution is 2.39. The number of ether oxygens (including phenoxy) is 1. The molecule has 1 saturated heterocycles. The van der Waals surface area contributed by atoms with Crippen molar-refractivity contribution >= 4 is 73.2 Å². The Morgan fingerprint density at radius 3 is 2.21 bits per heavy atom. The van der Waals surface area contributed by atoms with Crippen LogP contribution in [-0.2, 0) is 0 Å². The van der Waals surface area contributed by atoms with E-state index in [4.69, 9.17) is 32.4 Å². The zero-order chi connectivity index (χ0) is 39.5. The molecule has 2 amide bonds. The van der Waals surface area contributed by atoms with Gasteiger partial charge in [0.15, 0.2) is 0 Å². The quantitative estimate of drug-likeness (QED) is 0.180. The van der Waals surface area contributed by atoms with E-state index in [-0.39, 0.29) is 17.9 Å². The lowest BCUT2D eigenvalue weighted by Crippen LogP contribution is -2.31. The van der Waals surface area contributed by atoms with E-state index < -0.39 is 5.63 Å². The number of carbonyl (C=O) groups excluding carboxylic acids is 2. The summed E-state index contributed by atoms with van der Waals surface area (Å²) in [4.78, 5) is 45.6. The van der Waals surface area contributed by atoms with Crippen LogP contribution in [0.25, 0.3) is 43.9 Å². The molecule has 0 spiro atoms. The molecule has 0 bridgehead atoms. The van der Waals surface area contributed by atoms with Gasteiger partial charge >= 0.3 is 5.63 Å². The van der Waals surface area contributed by atoms with E-state index in [1.54, 1.807) is 49.6 Å². The van der Waals surface area contributed by atoms with Gasteiger partial charge < -0.3 is 19.4 Å². The number of benzene rings is 7. The lowest BCUT2D eigenvalue weighted by Gasteiger charge is -2.27. The number of carbonyl (C=O) groups is 2. The number of nitrogens with one attached hydrogen (secondary N) is 1. The van der Waals surface area contributed by atoms with E-state index in [9.17, 15) is 14.4 Å². The molecule has 1 atom stereocenters. The van der Waals surface area contributed by atoms with Crippen LogP contribution in [0.2, 0.25) is 10.0 Å². The van der Waals surface area contributed by atoms with Crippen molar-refractivity contribution in [2.75, 3.05) is 19.0 Å². The summed E-state index contributed by atoms with van der Waals surface area (Å²) in [5, 5.41) is 8.16. The van der Waals surface area contributed by atoms with Crippen LogP contribution in [0.5, 0.6) is 5.75 Å². The molecular formula is C47H35Cl2N3O5. The number of methoxy groups -OCH3 is 1. The summed E-state index contributed by atoms with van der Waals surface area (Å²) >= 11 is 12.2. The van der Waals surface area contributed by atoms with Gasteiger partial charge in [0.1, 0.15) is 5.75 Å². The highest BCUT2D eigenvalue weighted by molar-refractivity contribution is 6.31. The van der Waals surface area contributed by atoms with Crippen LogP contribution in [0.1, 0.15) is 45.2 Å². The third-order valence-electron chi connectivity index (χ3n) is 10.1. The molecule has 0 radical (unpaired) electrons. The third kappa shape index (κ3) is 7.70. The first-order valence-corrected chi connectivity index (χ1v) is 19.2. The van der Waals surface area contributed by atoms with E-state index in [1.807, 2.05) is 108 Å². The van der Waals surface area contributed by atoms with Crippen LogP contribution in [-0.4, -0.2) is 35.4 Å². The molecule has 8 aromatic rings. The van der Waals surface area contributed by atoms with Crippen molar-refractivity contribution in [2.45, 2.75) is 18.9 Å². The molecule has 1 aliphatic rings. The van der Waals surface area contributed by atoms with Crippen molar-refractivity contribution in [3.05, 3.63) is 183 Å². The average Bonchev–Trinajstić information content (AvgIpc) is 3.74. The molecule has 282 valence electrons. The first kappa shape index (κ1) is 37.4. The van der Waals surface area contributed by atoms with Crippen LogP contribution in [0.3, 0.4) is 0 Å². The maximum absolute atomic E-state index is 13.8. The second-order valence-electron chi connectivity index (χ2n) is 13.6. The Labute approximate surface area is 338 Å². The first-order valence-electron chi connectivity index (χ1n) is 18.4. The molecule has 0 aliphatic carbocycles. The molecule has 1 fully saturated rings. The zero-order valence-electron chi connectivity index (χ0n) is 30.7. The minimum absolute atomic E-state index is 0.112. The first-order chi connectivity index (χ1) is 27.8. The lowest BCUT2D eigenvalue weighted by molar-refractivity contribution is 0.0735. The Morgan fingerprint density at radius 1 is 0.737 bits per heavy atom. The molecule has 1 aliphatic heterocycles. The molecule has 7 aromatic carbocycles. The highest BCUT2D eigenvalue weighted by Gasteiger charge is 2.33. The van der Waals surface area contributed by atoms with E-state index in [0.29, 0.717) is 50.2 Å². The summed E-state index contributed by atoms with van der Waals surface area (Å²) in [6, 6.07) is 44.7. The van der Waals surface area contributed by atoms with Crippen molar-refractivity contribution in [1.82, 2.24) is 9.88 Å². The fraction of sp³-hybridized carbons (Fsp3) is 0.106. The normalized spacial score (nSPS) is 13.7. The standard InChI is InChI=1S/C29H25ClN2O3.C18H10ClNO2/c1-35-27-14-5-4-11-23(27)26-13-7-17-32(26)29(34)24-18-20(30)15-16-25(24)31-28(33)22-12-6-9-19-8-2-3-10-21(19)22;19-12-8-9-16-15(10-12)18(21)22-17(20-16)14-7-3-5-11-4-1-2-6-13(11)14/h2-6,8-12,14-16,18,26H,7,13,17H2,1H3,(H,31,33);1-10H. The topological polar surface area (TPSA) is 102 Å². The minimum Gasteiger partial charge on any atom is -0.496 e. The molecule has 0 saturated carbocycles. The third-order valence-corrected chi connectivity index (χ3v) is 10.6. The predicted molar refractivity (Wildman–Crippen MR) is 228 cm³/mol. The molecule has 1 unspecified atom stereocenters. The Bertz CT molecular complexity index is 2860. The van der Waals surface area contributed by atoms with E-state index in [2.05, 4.69) is 10.3 Å². The molecular weight excluding hydrogens is 757 g/mol. The number of hydrogen-bond donors (Lipinski definition) is 1. The van der Waals surface area contributed by atoms with Crippen LogP contribution < -0.4 is 15.7 Å². The van der Waals surface area contributed by atoms with Crippen molar-refractivity contribution in [3.8, 4) is 17.2 Å². The fourth-order valence-corrected chi connectivity index (χ4v) is 7.76. The summed E-state index contributed by atoms with van der Waals surface area (Å²) in [7, 11) is 1.64. The summed E-state index contributed by atoms with van der Waals surface area (Å²) < 4.78 is 11.0. The highest BCUT2D eigenvalue weighted by atomic mass is 35.5. The maximum atomic E-state index is 13.8. The lowest BCUT2D eigenvalue weighted by atomic mass is 10.0. The SMILES string of the molecule is COc1ccccc1C1CCCN1C(=O)c1cc(Cl)ccc1NC(=O)c1cccc2ccccc12.O=c1oc(-c2cccc3ccccc23)nc2ccc(Cl)cc12. The predicted octanol–water partition coefficient (Wildman–Crippen LogP) is 11.4. The molecule has 10 heteroatoms. The van der Waals surface area contributed by atoms with E-state index >= 15 is 0 Å². The number of rotatable bonds is 6. The molecule has 2 heterocycles. The van der Waals surface area contributed by atoms with Crippen LogP contribution in [0.15, 0.2) is 155 Å². The second kappa shape index (κ2) is 16.3. The summed E-state index contributed by atoms with van der Waals surface area (Å²) in [5.74, 6) is 0.624. The van der Waals surface area contributed by atoms with Gasteiger partial charge in [-0.1, -0.05) is 114 Å². The van der Waals surface area contributed by atoms with Crippen molar-refractivity contribution in [2.24, 2.45) is 0 Å². The number of fused-ring (bicyclic) bond motifs is 3. The van der Waals surface area contributed by atoms with Crippen LogP contribution in [0.4, 0.5) is 5.69 Å². The van der Waals surface area contributed by atoms with Gasteiger partial charge in [0.2, 0.25) is 5.89 Å². The van der Waals surface area contributed by atoms with E-state index in [1.165, 1.54) is 0 Å². The Hall–Kier alpha value is -6.48. The second-order valence-corrected chi connectivity index (χ2v) is 14.4. The van der Waals surface area contributed by atoms with Gasteiger partial charge in [-0.05, 0) is 89.0 Å². The average molecular weight is 793 g/mol. The largest absolute Gasteiger partial charge is 0.496 e. The minimum atomic E-state index is -0.435. The van der Waals surface area contributed by atoms with Gasteiger partial charge in [-0.15, -0.1) is 0 Å². The molecule has 1 N–H and O–H groups in total. The van der Waals surface area contributed by atoms with Crippen molar-refractivity contribution in [1.29, 1.82) is 0 Å². The Balaban J connectivity index is 0.000000177. The molecule has 1 aromatic heterocycles. The van der Waals surface area contributed by atoms with Gasteiger partial charge in [0.25, 0.3) is 11.8 Å². The Kier molecular flexibility index (Phi) is 10.7. The van der Waals surface area contributed by atoms with Crippen molar-refractivity contribution < 1.29 is 18.7 Å². The van der Waals surface area contributed by atoms with Gasteiger partial charge in [-0.3, -0.25) is 9.59 Å². The van der Waals surface area contributed by atoms with Crippen LogP contribution in [0, 0.1) is 0 Å². The Morgan fingerprint density at radius 2 is 1.40 bits per heavy atom. The monoisotopic (exact) mass is 791 g/mol. The van der Waals surface area contributed by atoms with Gasteiger partial charge in [-0.2, -0.15) is 0 Å². The maximum Gasteiger partial charge on any atom is 0.347 e. The van der Waals surface area contributed by atoms with Crippen LogP contribution >= 0.6 is 23.2 Å². The van der Waals surface area contributed by atoms with Gasteiger partial charge in [-0.25, -0.2) is 9.78 Å². The van der Waals surface area contributed by atoms with Crippen molar-refractivity contribution in [3.63, 3.8) is 0 Å². The number of likely N-dealkylation sites (tertiary alicyclic amines) is 1. The van der Waals surface area contributed by atoms with Gasteiger partial charge in [0, 0.05) is 33.3 Å². The number of para-hydroxylation sites is 1. The number of amides is 2. The number of anilines is 1. The number of hydrogen-bond acceptors (Lipinski definition) is 6. The van der Waals surface area contributed by atoms with E-state index in [0.717, 1.165) is 51.3 Å². The van der Waals surface area contributed by atoms with Gasteiger partial charge in [0.05, 0.1) is 35.3 Å². The number of nitrogens with zero attached hydrogens (tertiary/aromatic N) is 2. The number of aromatic nitrogens is 1. The molecule has 8 nitrogen and oxygen atoms in total. The summed E-state index contributed by atoms with van der Waals surface area (Å²) in [6.45, 7) is 0.616. The summed E-state index contributed by atoms with van der Waals surface area (Å²) in [5.41, 5.74) is 3.26.